The number of benzene rings is 2. The molecule has 0 aliphatic carbocycles. The summed E-state index contributed by atoms with van der Waals surface area (Å²) in [5.74, 6) is -0.527. The van der Waals surface area contributed by atoms with Crippen molar-refractivity contribution in [1.82, 2.24) is 0 Å². The fraction of sp³-hybridized carbons (Fsp3) is 0. The van der Waals surface area contributed by atoms with Crippen LogP contribution in [0.3, 0.4) is 0 Å². The molecule has 0 aliphatic rings. The average molecular weight is 342 g/mol. The highest BCUT2D eigenvalue weighted by molar-refractivity contribution is 9.10. The van der Waals surface area contributed by atoms with Crippen molar-refractivity contribution < 1.29 is 9.90 Å². The van der Waals surface area contributed by atoms with Gasteiger partial charge in [0.2, 0.25) is 0 Å². The highest BCUT2D eigenvalue weighted by Crippen LogP contribution is 2.25. The summed E-state index contributed by atoms with van der Waals surface area (Å²) in [6.07, 6.45) is 0. The highest BCUT2D eigenvalue weighted by atomic mass is 79.9. The maximum absolute atomic E-state index is 12.0. The summed E-state index contributed by atoms with van der Waals surface area (Å²) in [6.45, 7) is 0. The number of nitrogens with two attached hydrogens (primary N) is 1. The summed E-state index contributed by atoms with van der Waals surface area (Å²) in [5, 5.41) is 12.8. The van der Waals surface area contributed by atoms with Crippen molar-refractivity contribution in [3.05, 3.63) is 51.5 Å². The first kappa shape index (κ1) is 13.7. The Kier molecular flexibility index (Phi) is 3.97. The number of nitrogen functional groups attached to an aromatic ring is 1. The molecule has 0 fully saturated rings. The number of halogens is 2. The second kappa shape index (κ2) is 5.50. The van der Waals surface area contributed by atoms with Gasteiger partial charge in [0, 0.05) is 10.2 Å². The van der Waals surface area contributed by atoms with Crippen molar-refractivity contribution in [2.45, 2.75) is 0 Å². The van der Waals surface area contributed by atoms with Gasteiger partial charge in [-0.05, 0) is 36.4 Å². The maximum atomic E-state index is 12.0. The van der Waals surface area contributed by atoms with Crippen LogP contribution in [0.15, 0.2) is 40.9 Å². The number of anilines is 2. The van der Waals surface area contributed by atoms with Crippen LogP contribution in [-0.4, -0.2) is 11.0 Å². The Morgan fingerprint density at radius 1 is 1.26 bits per heavy atom. The molecule has 0 saturated carbocycles. The number of hydrogen-bond acceptors (Lipinski definition) is 3. The molecular formula is C13H10BrClN2O2. The van der Waals surface area contributed by atoms with Gasteiger partial charge in [-0.3, -0.25) is 4.79 Å². The molecule has 0 heterocycles. The van der Waals surface area contributed by atoms with Gasteiger partial charge in [-0.1, -0.05) is 27.5 Å². The number of aromatic hydroxyl groups is 1. The molecule has 98 valence electrons. The molecule has 4 nitrogen and oxygen atoms in total. The fourth-order valence-electron chi connectivity index (χ4n) is 1.52. The third-order valence-electron chi connectivity index (χ3n) is 2.46. The van der Waals surface area contributed by atoms with Crippen molar-refractivity contribution in [2.24, 2.45) is 0 Å². The summed E-state index contributed by atoms with van der Waals surface area (Å²) < 4.78 is 0.692. The quantitative estimate of drug-likeness (QED) is 0.730. The first-order valence-electron chi connectivity index (χ1n) is 5.32. The lowest BCUT2D eigenvalue weighted by Crippen LogP contribution is -2.12. The molecule has 6 heteroatoms. The molecule has 2 aromatic rings. The molecule has 1 amide bonds. The first-order chi connectivity index (χ1) is 8.97. The van der Waals surface area contributed by atoms with Crippen molar-refractivity contribution in [3.63, 3.8) is 0 Å². The van der Waals surface area contributed by atoms with E-state index in [1.807, 2.05) is 0 Å². The van der Waals surface area contributed by atoms with Gasteiger partial charge in [0.1, 0.15) is 5.75 Å². The zero-order valence-corrected chi connectivity index (χ0v) is 12.0. The smallest absolute Gasteiger partial charge is 0.259 e. The SMILES string of the molecule is Nc1cc(NC(=O)c2ccc(Br)cc2O)ccc1Cl. The van der Waals surface area contributed by atoms with E-state index in [0.717, 1.165) is 0 Å². The summed E-state index contributed by atoms with van der Waals surface area (Å²) in [7, 11) is 0. The second-order valence-corrected chi connectivity index (χ2v) is 5.17. The molecule has 0 atom stereocenters. The van der Waals surface area contributed by atoms with E-state index in [9.17, 15) is 9.90 Å². The number of rotatable bonds is 2. The molecule has 0 aliphatic heterocycles. The van der Waals surface area contributed by atoms with E-state index in [4.69, 9.17) is 17.3 Å². The lowest BCUT2D eigenvalue weighted by molar-refractivity contribution is 0.102. The standard InChI is InChI=1S/C13H10BrClN2O2/c14-7-1-3-9(12(18)5-7)13(19)17-8-2-4-10(15)11(16)6-8/h1-6,18H,16H2,(H,17,19). The minimum absolute atomic E-state index is 0.103. The van der Waals surface area contributed by atoms with Crippen LogP contribution in [0, 0.1) is 0 Å². The molecule has 0 bridgehead atoms. The Hall–Kier alpha value is -1.72. The number of hydrogen-bond donors (Lipinski definition) is 3. The van der Waals surface area contributed by atoms with E-state index in [-0.39, 0.29) is 11.3 Å². The Balaban J connectivity index is 2.23. The second-order valence-electron chi connectivity index (χ2n) is 3.85. The van der Waals surface area contributed by atoms with E-state index in [1.54, 1.807) is 24.3 Å². The molecule has 0 aromatic heterocycles. The van der Waals surface area contributed by atoms with Gasteiger partial charge < -0.3 is 16.2 Å². The predicted octanol–water partition coefficient (Wildman–Crippen LogP) is 3.64. The zero-order valence-electron chi connectivity index (χ0n) is 9.65. The molecule has 0 radical (unpaired) electrons. The lowest BCUT2D eigenvalue weighted by atomic mass is 10.2. The van der Waals surface area contributed by atoms with Gasteiger partial charge in [0.25, 0.3) is 5.91 Å². The predicted molar refractivity (Wildman–Crippen MR) is 79.6 cm³/mol. The van der Waals surface area contributed by atoms with Crippen LogP contribution < -0.4 is 11.1 Å². The van der Waals surface area contributed by atoms with Gasteiger partial charge in [0.05, 0.1) is 16.3 Å². The largest absolute Gasteiger partial charge is 0.507 e. The fourth-order valence-corrected chi connectivity index (χ4v) is 1.98. The third-order valence-corrected chi connectivity index (χ3v) is 3.30. The van der Waals surface area contributed by atoms with Gasteiger partial charge in [-0.15, -0.1) is 0 Å². The summed E-state index contributed by atoms with van der Waals surface area (Å²) in [5.41, 5.74) is 6.71. The number of phenols is 1. The molecule has 2 rings (SSSR count). The van der Waals surface area contributed by atoms with Crippen LogP contribution in [-0.2, 0) is 0 Å². The highest BCUT2D eigenvalue weighted by Gasteiger charge is 2.12. The van der Waals surface area contributed by atoms with E-state index < -0.39 is 5.91 Å². The van der Waals surface area contributed by atoms with E-state index in [1.165, 1.54) is 12.1 Å². The van der Waals surface area contributed by atoms with Crippen LogP contribution in [0.4, 0.5) is 11.4 Å². The van der Waals surface area contributed by atoms with Crippen molar-refractivity contribution >= 4 is 44.8 Å². The molecule has 19 heavy (non-hydrogen) atoms. The minimum Gasteiger partial charge on any atom is -0.507 e. The Labute approximate surface area is 123 Å². The van der Waals surface area contributed by atoms with Crippen LogP contribution >= 0.6 is 27.5 Å². The van der Waals surface area contributed by atoms with E-state index in [2.05, 4.69) is 21.2 Å². The van der Waals surface area contributed by atoms with Gasteiger partial charge in [0.15, 0.2) is 0 Å². The molecular weight excluding hydrogens is 332 g/mol. The summed E-state index contributed by atoms with van der Waals surface area (Å²) >= 11 is 9.00. The minimum atomic E-state index is -0.424. The van der Waals surface area contributed by atoms with Gasteiger partial charge in [-0.2, -0.15) is 0 Å². The number of phenolic OH excluding ortho intramolecular Hbond substituents is 1. The number of carbonyl (C=O) groups excluding carboxylic acids is 1. The summed E-state index contributed by atoms with van der Waals surface area (Å²) in [6, 6.07) is 9.42. The molecule has 0 unspecified atom stereocenters. The zero-order chi connectivity index (χ0) is 14.0. The van der Waals surface area contributed by atoms with Crippen LogP contribution in [0.5, 0.6) is 5.75 Å². The van der Waals surface area contributed by atoms with E-state index >= 15 is 0 Å². The third kappa shape index (κ3) is 3.19. The Morgan fingerprint density at radius 2 is 2.00 bits per heavy atom. The molecule has 0 spiro atoms. The van der Waals surface area contributed by atoms with E-state index in [0.29, 0.717) is 20.9 Å². The normalized spacial score (nSPS) is 10.2. The van der Waals surface area contributed by atoms with Gasteiger partial charge >= 0.3 is 0 Å². The molecule has 4 N–H and O–H groups in total. The molecule has 0 saturated heterocycles. The van der Waals surface area contributed by atoms with Crippen LogP contribution in [0.2, 0.25) is 5.02 Å². The van der Waals surface area contributed by atoms with Crippen molar-refractivity contribution in [3.8, 4) is 5.75 Å². The topological polar surface area (TPSA) is 75.3 Å². The summed E-state index contributed by atoms with van der Waals surface area (Å²) in [4.78, 5) is 12.0. The Morgan fingerprint density at radius 3 is 2.63 bits per heavy atom. The number of amides is 1. The first-order valence-corrected chi connectivity index (χ1v) is 6.49. The van der Waals surface area contributed by atoms with Crippen LogP contribution in [0.1, 0.15) is 10.4 Å². The monoisotopic (exact) mass is 340 g/mol. The number of nitrogens with one attached hydrogen (secondary N) is 1. The van der Waals surface area contributed by atoms with Gasteiger partial charge in [-0.25, -0.2) is 0 Å². The Bertz CT molecular complexity index is 647. The lowest BCUT2D eigenvalue weighted by Gasteiger charge is -2.08. The molecule has 2 aromatic carbocycles. The average Bonchev–Trinajstić information content (AvgIpc) is 2.33. The van der Waals surface area contributed by atoms with Crippen molar-refractivity contribution in [2.75, 3.05) is 11.1 Å². The van der Waals surface area contributed by atoms with Crippen molar-refractivity contribution in [1.29, 1.82) is 0 Å². The van der Waals surface area contributed by atoms with Crippen LogP contribution in [0.25, 0.3) is 0 Å². The number of carbonyl (C=O) groups is 1. The maximum Gasteiger partial charge on any atom is 0.259 e.